The standard InChI is InChI=1S/C12H22N4O/c1-12(2,3)13-8-10-14-15-11(17-10)16(4)9-6-5-7-9/h9,13H,5-8H2,1-4H3. The summed E-state index contributed by atoms with van der Waals surface area (Å²) in [6.45, 7) is 6.97. The maximum Gasteiger partial charge on any atom is 0.318 e. The van der Waals surface area contributed by atoms with Gasteiger partial charge in [-0.05, 0) is 40.0 Å². The van der Waals surface area contributed by atoms with Gasteiger partial charge in [-0.1, -0.05) is 5.10 Å². The summed E-state index contributed by atoms with van der Waals surface area (Å²) in [5, 5.41) is 11.5. The van der Waals surface area contributed by atoms with Crippen molar-refractivity contribution in [3.63, 3.8) is 0 Å². The number of aromatic nitrogens is 2. The van der Waals surface area contributed by atoms with Crippen molar-refractivity contribution < 1.29 is 4.42 Å². The van der Waals surface area contributed by atoms with Crippen LogP contribution in [0.1, 0.15) is 45.9 Å². The van der Waals surface area contributed by atoms with E-state index in [9.17, 15) is 0 Å². The lowest BCUT2D eigenvalue weighted by Gasteiger charge is -2.33. The molecule has 0 aliphatic heterocycles. The minimum atomic E-state index is 0.0640. The highest BCUT2D eigenvalue weighted by molar-refractivity contribution is 5.25. The van der Waals surface area contributed by atoms with E-state index in [-0.39, 0.29) is 5.54 Å². The number of anilines is 1. The van der Waals surface area contributed by atoms with Crippen LogP contribution >= 0.6 is 0 Å². The van der Waals surface area contributed by atoms with Gasteiger partial charge in [-0.25, -0.2) is 0 Å². The molecule has 17 heavy (non-hydrogen) atoms. The summed E-state index contributed by atoms with van der Waals surface area (Å²) in [4.78, 5) is 2.09. The largest absolute Gasteiger partial charge is 0.407 e. The van der Waals surface area contributed by atoms with Gasteiger partial charge in [-0.2, -0.15) is 0 Å². The molecule has 0 atom stereocenters. The lowest BCUT2D eigenvalue weighted by Crippen LogP contribution is -2.37. The topological polar surface area (TPSA) is 54.2 Å². The van der Waals surface area contributed by atoms with Crippen LogP contribution in [0.2, 0.25) is 0 Å². The number of hydrogen-bond acceptors (Lipinski definition) is 5. The molecule has 1 fully saturated rings. The quantitative estimate of drug-likeness (QED) is 0.869. The second kappa shape index (κ2) is 4.64. The first-order chi connectivity index (χ1) is 7.96. The van der Waals surface area contributed by atoms with Crippen molar-refractivity contribution in [2.75, 3.05) is 11.9 Å². The fourth-order valence-corrected chi connectivity index (χ4v) is 1.73. The maximum absolute atomic E-state index is 5.64. The Kier molecular flexibility index (Phi) is 3.38. The molecular formula is C12H22N4O. The van der Waals surface area contributed by atoms with Gasteiger partial charge in [0.25, 0.3) is 0 Å². The van der Waals surface area contributed by atoms with Crippen molar-refractivity contribution in [2.24, 2.45) is 0 Å². The SMILES string of the molecule is CN(c1nnc(CNC(C)(C)C)o1)C1CCC1. The first-order valence-corrected chi connectivity index (χ1v) is 6.26. The number of nitrogens with zero attached hydrogens (tertiary/aromatic N) is 3. The normalized spacial score (nSPS) is 16.9. The summed E-state index contributed by atoms with van der Waals surface area (Å²) < 4.78 is 5.64. The Bertz CT molecular complexity index is 365. The van der Waals surface area contributed by atoms with Gasteiger partial charge in [0.15, 0.2) is 0 Å². The minimum Gasteiger partial charge on any atom is -0.407 e. The summed E-state index contributed by atoms with van der Waals surface area (Å²) in [6.07, 6.45) is 3.77. The van der Waals surface area contributed by atoms with Crippen LogP contribution in [-0.4, -0.2) is 28.8 Å². The molecule has 2 rings (SSSR count). The number of rotatable bonds is 4. The first-order valence-electron chi connectivity index (χ1n) is 6.26. The van der Waals surface area contributed by atoms with Crippen LogP contribution in [0.3, 0.4) is 0 Å². The van der Waals surface area contributed by atoms with E-state index in [1.165, 1.54) is 19.3 Å². The molecule has 1 saturated carbocycles. The van der Waals surface area contributed by atoms with Gasteiger partial charge >= 0.3 is 6.01 Å². The number of nitrogens with one attached hydrogen (secondary N) is 1. The van der Waals surface area contributed by atoms with Crippen LogP contribution < -0.4 is 10.2 Å². The molecule has 5 nitrogen and oxygen atoms in total. The number of hydrogen-bond donors (Lipinski definition) is 1. The van der Waals surface area contributed by atoms with Crippen LogP contribution in [0, 0.1) is 0 Å². The molecule has 0 radical (unpaired) electrons. The molecule has 1 N–H and O–H groups in total. The average molecular weight is 238 g/mol. The molecular weight excluding hydrogens is 216 g/mol. The van der Waals surface area contributed by atoms with Crippen molar-refractivity contribution in [3.05, 3.63) is 5.89 Å². The zero-order valence-corrected chi connectivity index (χ0v) is 11.2. The lowest BCUT2D eigenvalue weighted by molar-refractivity contribution is 0.358. The Hall–Kier alpha value is -1.10. The Morgan fingerprint density at radius 2 is 2.06 bits per heavy atom. The van der Waals surface area contributed by atoms with E-state index < -0.39 is 0 Å². The van der Waals surface area contributed by atoms with E-state index in [0.717, 1.165) is 0 Å². The third kappa shape index (κ3) is 3.19. The fourth-order valence-electron chi connectivity index (χ4n) is 1.73. The highest BCUT2D eigenvalue weighted by Gasteiger charge is 2.25. The van der Waals surface area contributed by atoms with Crippen molar-refractivity contribution in [3.8, 4) is 0 Å². The molecule has 0 unspecified atom stereocenters. The van der Waals surface area contributed by atoms with Gasteiger partial charge in [0, 0.05) is 18.6 Å². The molecule has 96 valence electrons. The molecule has 0 spiro atoms. The highest BCUT2D eigenvalue weighted by atomic mass is 16.4. The molecule has 0 amide bonds. The molecule has 1 aromatic rings. The van der Waals surface area contributed by atoms with Crippen LogP contribution in [-0.2, 0) is 6.54 Å². The van der Waals surface area contributed by atoms with E-state index >= 15 is 0 Å². The average Bonchev–Trinajstić information content (AvgIpc) is 2.58. The van der Waals surface area contributed by atoms with Crippen LogP contribution in [0.25, 0.3) is 0 Å². The zero-order valence-electron chi connectivity index (χ0n) is 11.2. The van der Waals surface area contributed by atoms with E-state index in [2.05, 4.69) is 41.2 Å². The second-order valence-electron chi connectivity index (χ2n) is 5.78. The van der Waals surface area contributed by atoms with Crippen LogP contribution in [0.15, 0.2) is 4.42 Å². The fraction of sp³-hybridized carbons (Fsp3) is 0.833. The van der Waals surface area contributed by atoms with Gasteiger partial charge in [0.05, 0.1) is 6.54 Å². The first kappa shape index (κ1) is 12.4. The molecule has 0 aromatic carbocycles. The smallest absolute Gasteiger partial charge is 0.318 e. The molecule has 1 aliphatic carbocycles. The Labute approximate surface area is 103 Å². The zero-order chi connectivity index (χ0) is 12.5. The van der Waals surface area contributed by atoms with Crippen molar-refractivity contribution in [2.45, 2.75) is 58.2 Å². The predicted octanol–water partition coefficient (Wildman–Crippen LogP) is 1.95. The Morgan fingerprint density at radius 1 is 1.35 bits per heavy atom. The van der Waals surface area contributed by atoms with Gasteiger partial charge < -0.3 is 14.6 Å². The summed E-state index contributed by atoms with van der Waals surface area (Å²) >= 11 is 0. The molecule has 1 heterocycles. The minimum absolute atomic E-state index is 0.0640. The molecule has 0 saturated heterocycles. The van der Waals surface area contributed by atoms with Gasteiger partial charge in [0.1, 0.15) is 0 Å². The van der Waals surface area contributed by atoms with Gasteiger partial charge in [-0.15, -0.1) is 5.10 Å². The Balaban J connectivity index is 1.91. The third-order valence-corrected chi connectivity index (χ3v) is 3.15. The summed E-state index contributed by atoms with van der Waals surface area (Å²) in [7, 11) is 2.03. The maximum atomic E-state index is 5.64. The highest BCUT2D eigenvalue weighted by Crippen LogP contribution is 2.27. The molecule has 5 heteroatoms. The van der Waals surface area contributed by atoms with Crippen LogP contribution in [0.4, 0.5) is 6.01 Å². The monoisotopic (exact) mass is 238 g/mol. The summed E-state index contributed by atoms with van der Waals surface area (Å²) in [6, 6.07) is 1.22. The van der Waals surface area contributed by atoms with E-state index in [0.29, 0.717) is 24.5 Å². The van der Waals surface area contributed by atoms with Gasteiger partial charge in [0.2, 0.25) is 5.89 Å². The third-order valence-electron chi connectivity index (χ3n) is 3.15. The van der Waals surface area contributed by atoms with Crippen molar-refractivity contribution in [1.29, 1.82) is 0 Å². The van der Waals surface area contributed by atoms with E-state index in [1.807, 2.05) is 7.05 Å². The van der Waals surface area contributed by atoms with Crippen molar-refractivity contribution >= 4 is 6.01 Å². The summed E-state index contributed by atoms with van der Waals surface area (Å²) in [5.41, 5.74) is 0.0640. The molecule has 1 aromatic heterocycles. The Morgan fingerprint density at radius 3 is 2.59 bits per heavy atom. The van der Waals surface area contributed by atoms with Crippen molar-refractivity contribution in [1.82, 2.24) is 15.5 Å². The van der Waals surface area contributed by atoms with Gasteiger partial charge in [-0.3, -0.25) is 0 Å². The van der Waals surface area contributed by atoms with E-state index in [4.69, 9.17) is 4.42 Å². The molecule has 1 aliphatic rings. The summed E-state index contributed by atoms with van der Waals surface area (Å²) in [5.74, 6) is 0.654. The lowest BCUT2D eigenvalue weighted by atomic mass is 9.92. The second-order valence-corrected chi connectivity index (χ2v) is 5.78. The molecule has 0 bridgehead atoms. The predicted molar refractivity (Wildman–Crippen MR) is 66.9 cm³/mol. The van der Waals surface area contributed by atoms with E-state index in [1.54, 1.807) is 0 Å². The van der Waals surface area contributed by atoms with Crippen LogP contribution in [0.5, 0.6) is 0 Å².